The van der Waals surface area contributed by atoms with Gasteiger partial charge in [0.1, 0.15) is 0 Å². The molecule has 0 atom stereocenters. The van der Waals surface area contributed by atoms with Crippen LogP contribution in [0.3, 0.4) is 0 Å². The lowest BCUT2D eigenvalue weighted by Crippen LogP contribution is -2.31. The van der Waals surface area contributed by atoms with Crippen LogP contribution in [0.5, 0.6) is 0 Å². The van der Waals surface area contributed by atoms with Crippen molar-refractivity contribution >= 4 is 33.2 Å². The van der Waals surface area contributed by atoms with E-state index in [4.69, 9.17) is 17.3 Å². The maximum Gasteiger partial charge on any atom is 0.242 e. The largest absolute Gasteiger partial charge is 0.397 e. The number of anilines is 1. The van der Waals surface area contributed by atoms with Crippen LogP contribution in [-0.2, 0) is 14.8 Å². The molecule has 0 aliphatic carbocycles. The number of nitrogens with two attached hydrogens (primary N) is 1. The predicted octanol–water partition coefficient (Wildman–Crippen LogP) is 0.679. The third kappa shape index (κ3) is 3.82. The highest BCUT2D eigenvalue weighted by molar-refractivity contribution is 7.89. The topological polar surface area (TPSA) is 92.5 Å². The van der Waals surface area contributed by atoms with Gasteiger partial charge >= 0.3 is 0 Å². The van der Waals surface area contributed by atoms with Crippen molar-refractivity contribution in [3.63, 3.8) is 0 Å². The molecule has 0 aromatic heterocycles. The molecule has 3 N–H and O–H groups in total. The first-order chi connectivity index (χ1) is 8.78. The molecule has 1 aromatic rings. The fourth-order valence-electron chi connectivity index (χ4n) is 1.37. The summed E-state index contributed by atoms with van der Waals surface area (Å²) in [4.78, 5) is 11.2. The quantitative estimate of drug-likeness (QED) is 0.782. The summed E-state index contributed by atoms with van der Waals surface area (Å²) in [6.07, 6.45) is 0.0926. The molecule has 0 spiro atoms. The molecule has 0 bridgehead atoms. The van der Waals surface area contributed by atoms with Gasteiger partial charge in [-0.25, -0.2) is 12.7 Å². The minimum absolute atomic E-state index is 0.0498. The van der Waals surface area contributed by atoms with Crippen molar-refractivity contribution in [2.24, 2.45) is 0 Å². The summed E-state index contributed by atoms with van der Waals surface area (Å²) in [7, 11) is -0.765. The minimum Gasteiger partial charge on any atom is -0.397 e. The number of nitrogen functional groups attached to an aromatic ring is 1. The Balaban J connectivity index is 2.90. The molecular formula is C11H16ClN3O3S. The molecule has 19 heavy (non-hydrogen) atoms. The Morgan fingerprint density at radius 1 is 1.47 bits per heavy atom. The second-order valence-electron chi connectivity index (χ2n) is 3.93. The molecule has 0 aliphatic heterocycles. The van der Waals surface area contributed by atoms with Gasteiger partial charge in [0.05, 0.1) is 15.6 Å². The second kappa shape index (κ2) is 6.23. The first-order valence-corrected chi connectivity index (χ1v) is 7.32. The number of rotatable bonds is 5. The van der Waals surface area contributed by atoms with Crippen molar-refractivity contribution in [2.75, 3.05) is 26.4 Å². The Hall–Kier alpha value is -1.31. The molecule has 1 aromatic carbocycles. The molecule has 0 heterocycles. The zero-order valence-electron chi connectivity index (χ0n) is 10.7. The Morgan fingerprint density at radius 3 is 2.63 bits per heavy atom. The zero-order chi connectivity index (χ0) is 14.6. The Labute approximate surface area is 117 Å². The molecule has 106 valence electrons. The Morgan fingerprint density at radius 2 is 2.11 bits per heavy atom. The van der Waals surface area contributed by atoms with E-state index in [1.54, 1.807) is 0 Å². The van der Waals surface area contributed by atoms with E-state index in [1.165, 1.54) is 32.3 Å². The lowest BCUT2D eigenvalue weighted by atomic mass is 10.3. The van der Waals surface area contributed by atoms with E-state index in [9.17, 15) is 13.2 Å². The molecule has 8 heteroatoms. The number of hydrogen-bond donors (Lipinski definition) is 2. The maximum absolute atomic E-state index is 12.2. The van der Waals surface area contributed by atoms with E-state index in [1.807, 2.05) is 0 Å². The third-order valence-corrected chi connectivity index (χ3v) is 4.81. The summed E-state index contributed by atoms with van der Waals surface area (Å²) in [5.74, 6) is -0.224. The number of nitrogens with one attached hydrogen (secondary N) is 1. The number of halogens is 1. The predicted molar refractivity (Wildman–Crippen MR) is 74.4 cm³/mol. The van der Waals surface area contributed by atoms with Crippen LogP contribution in [0, 0.1) is 0 Å². The lowest BCUT2D eigenvalue weighted by molar-refractivity contribution is -0.120. The number of sulfonamides is 1. The highest BCUT2D eigenvalue weighted by Gasteiger charge is 2.21. The fourth-order valence-corrected chi connectivity index (χ4v) is 2.69. The van der Waals surface area contributed by atoms with Crippen molar-refractivity contribution < 1.29 is 13.2 Å². The van der Waals surface area contributed by atoms with Crippen LogP contribution < -0.4 is 11.1 Å². The van der Waals surface area contributed by atoms with Gasteiger partial charge in [0.25, 0.3) is 0 Å². The maximum atomic E-state index is 12.2. The molecule has 0 radical (unpaired) electrons. The van der Waals surface area contributed by atoms with Crippen molar-refractivity contribution in [3.8, 4) is 0 Å². The van der Waals surface area contributed by atoms with Crippen LogP contribution in [-0.4, -0.2) is 39.3 Å². The Kier molecular flexibility index (Phi) is 5.16. The van der Waals surface area contributed by atoms with Gasteiger partial charge in [-0.1, -0.05) is 11.6 Å². The third-order valence-electron chi connectivity index (χ3n) is 2.61. The number of hydrogen-bond acceptors (Lipinski definition) is 4. The van der Waals surface area contributed by atoms with Crippen LogP contribution in [0.25, 0.3) is 0 Å². The molecule has 0 fully saturated rings. The number of carbonyl (C=O) groups is 1. The first-order valence-electron chi connectivity index (χ1n) is 5.51. The normalized spacial score (nSPS) is 11.6. The van der Waals surface area contributed by atoms with Crippen LogP contribution in [0.2, 0.25) is 5.02 Å². The van der Waals surface area contributed by atoms with Crippen molar-refractivity contribution in [1.82, 2.24) is 9.62 Å². The smallest absolute Gasteiger partial charge is 0.242 e. The van der Waals surface area contributed by atoms with Gasteiger partial charge < -0.3 is 11.1 Å². The first kappa shape index (κ1) is 15.7. The average Bonchev–Trinajstić information content (AvgIpc) is 2.38. The van der Waals surface area contributed by atoms with Crippen LogP contribution in [0.4, 0.5) is 5.69 Å². The van der Waals surface area contributed by atoms with E-state index < -0.39 is 10.0 Å². The van der Waals surface area contributed by atoms with Gasteiger partial charge in [0.15, 0.2) is 0 Å². The van der Waals surface area contributed by atoms with Gasteiger partial charge in [-0.3, -0.25) is 4.79 Å². The van der Waals surface area contributed by atoms with Gasteiger partial charge in [0, 0.05) is 27.1 Å². The number of carbonyl (C=O) groups excluding carboxylic acids is 1. The van der Waals surface area contributed by atoms with E-state index in [0.717, 1.165) is 4.31 Å². The monoisotopic (exact) mass is 305 g/mol. The molecule has 1 rings (SSSR count). The van der Waals surface area contributed by atoms with Gasteiger partial charge in [-0.05, 0) is 18.2 Å². The molecule has 0 saturated heterocycles. The van der Waals surface area contributed by atoms with Crippen LogP contribution in [0.1, 0.15) is 6.42 Å². The van der Waals surface area contributed by atoms with Gasteiger partial charge in [-0.15, -0.1) is 0 Å². The number of nitrogens with zero attached hydrogens (tertiary/aromatic N) is 1. The number of amides is 1. The summed E-state index contributed by atoms with van der Waals surface area (Å²) in [5, 5.41) is 2.73. The van der Waals surface area contributed by atoms with Crippen molar-refractivity contribution in [3.05, 3.63) is 23.2 Å². The summed E-state index contributed by atoms with van der Waals surface area (Å²) >= 11 is 5.75. The van der Waals surface area contributed by atoms with E-state index in [0.29, 0.717) is 5.02 Å². The molecule has 0 saturated carbocycles. The SMILES string of the molecule is CNC(=O)CCN(C)S(=O)(=O)c1ccc(Cl)c(N)c1. The molecule has 0 unspecified atom stereocenters. The average molecular weight is 306 g/mol. The lowest BCUT2D eigenvalue weighted by Gasteiger charge is -2.17. The Bertz CT molecular complexity index is 575. The summed E-state index contributed by atoms with van der Waals surface area (Å²) < 4.78 is 25.5. The van der Waals surface area contributed by atoms with Crippen LogP contribution in [0.15, 0.2) is 23.1 Å². The fraction of sp³-hybridized carbons (Fsp3) is 0.364. The minimum atomic E-state index is -3.67. The summed E-state index contributed by atoms with van der Waals surface area (Å²) in [6, 6.07) is 4.11. The highest BCUT2D eigenvalue weighted by atomic mass is 35.5. The van der Waals surface area contributed by atoms with E-state index in [2.05, 4.69) is 5.32 Å². The molecule has 6 nitrogen and oxygen atoms in total. The molecule has 0 aliphatic rings. The standard InChI is InChI=1S/C11H16ClN3O3S/c1-14-11(16)5-6-15(2)19(17,18)8-3-4-9(12)10(13)7-8/h3-4,7H,5-6,13H2,1-2H3,(H,14,16). The highest BCUT2D eigenvalue weighted by Crippen LogP contribution is 2.23. The summed E-state index contributed by atoms with van der Waals surface area (Å²) in [6.45, 7) is 0.0878. The molecular weight excluding hydrogens is 290 g/mol. The van der Waals surface area contributed by atoms with E-state index >= 15 is 0 Å². The van der Waals surface area contributed by atoms with Crippen LogP contribution >= 0.6 is 11.6 Å². The van der Waals surface area contributed by atoms with Crippen molar-refractivity contribution in [1.29, 1.82) is 0 Å². The number of benzene rings is 1. The second-order valence-corrected chi connectivity index (χ2v) is 6.39. The van der Waals surface area contributed by atoms with E-state index in [-0.39, 0.29) is 29.5 Å². The zero-order valence-corrected chi connectivity index (χ0v) is 12.3. The van der Waals surface area contributed by atoms with Gasteiger partial charge in [-0.2, -0.15) is 0 Å². The molecule has 1 amide bonds. The summed E-state index contributed by atoms with van der Waals surface area (Å²) in [5.41, 5.74) is 5.78. The van der Waals surface area contributed by atoms with Gasteiger partial charge in [0.2, 0.25) is 15.9 Å². The van der Waals surface area contributed by atoms with Crippen molar-refractivity contribution in [2.45, 2.75) is 11.3 Å².